The minimum absolute atomic E-state index is 0.333. The van der Waals surface area contributed by atoms with E-state index in [1.54, 1.807) is 18.2 Å². The SMILES string of the molecule is CC1(C)OC(=O)C(C(=O)C(=Cc2ccccc2)C(=O)C2C(=O)OC(C)(C)OC2=O)C(=O)O1. The van der Waals surface area contributed by atoms with Gasteiger partial charge in [-0.3, -0.25) is 28.8 Å². The number of rotatable bonds is 5. The quantitative estimate of drug-likeness (QED) is 0.281. The lowest BCUT2D eigenvalue weighted by atomic mass is 9.87. The van der Waals surface area contributed by atoms with Crippen molar-refractivity contribution in [2.75, 3.05) is 0 Å². The summed E-state index contributed by atoms with van der Waals surface area (Å²) >= 11 is 0. The molecular weight excluding hydrogens is 424 g/mol. The molecule has 10 nitrogen and oxygen atoms in total. The third-order valence-corrected chi connectivity index (χ3v) is 4.49. The summed E-state index contributed by atoms with van der Waals surface area (Å²) in [4.78, 5) is 75.8. The zero-order valence-corrected chi connectivity index (χ0v) is 17.7. The van der Waals surface area contributed by atoms with Crippen LogP contribution in [0, 0.1) is 11.8 Å². The van der Waals surface area contributed by atoms with Crippen molar-refractivity contribution in [3.8, 4) is 0 Å². The molecule has 0 spiro atoms. The van der Waals surface area contributed by atoms with Crippen molar-refractivity contribution in [3.05, 3.63) is 41.5 Å². The van der Waals surface area contributed by atoms with Crippen molar-refractivity contribution in [1.29, 1.82) is 0 Å². The Morgan fingerprint density at radius 3 is 1.38 bits per heavy atom. The molecule has 2 fully saturated rings. The Morgan fingerprint density at radius 1 is 0.688 bits per heavy atom. The number of ether oxygens (including phenoxy) is 4. The Morgan fingerprint density at radius 2 is 1.03 bits per heavy atom. The molecule has 168 valence electrons. The van der Waals surface area contributed by atoms with Crippen molar-refractivity contribution < 1.29 is 47.7 Å². The first-order chi connectivity index (χ1) is 14.8. The average molecular weight is 444 g/mol. The van der Waals surface area contributed by atoms with E-state index in [1.165, 1.54) is 39.8 Å². The van der Waals surface area contributed by atoms with Gasteiger partial charge in [0, 0.05) is 27.7 Å². The second-order valence-electron chi connectivity index (χ2n) is 8.05. The molecule has 0 amide bonds. The average Bonchev–Trinajstić information content (AvgIpc) is 2.63. The van der Waals surface area contributed by atoms with Gasteiger partial charge in [-0.25, -0.2) is 0 Å². The summed E-state index contributed by atoms with van der Waals surface area (Å²) in [5, 5.41) is 0. The fraction of sp³-hybridized carbons (Fsp3) is 0.364. The van der Waals surface area contributed by atoms with E-state index in [2.05, 4.69) is 0 Å². The third-order valence-electron chi connectivity index (χ3n) is 4.49. The van der Waals surface area contributed by atoms with Crippen LogP contribution in [0.4, 0.5) is 0 Å². The maximum Gasteiger partial charge on any atom is 0.331 e. The van der Waals surface area contributed by atoms with E-state index >= 15 is 0 Å². The van der Waals surface area contributed by atoms with Crippen molar-refractivity contribution in [2.45, 2.75) is 39.3 Å². The van der Waals surface area contributed by atoms with Crippen molar-refractivity contribution in [2.24, 2.45) is 11.8 Å². The number of benzene rings is 1. The summed E-state index contributed by atoms with van der Waals surface area (Å²) in [6.45, 7) is 5.19. The molecule has 0 atom stereocenters. The Labute approximate surface area is 182 Å². The minimum Gasteiger partial charge on any atom is -0.422 e. The van der Waals surface area contributed by atoms with Gasteiger partial charge in [-0.05, 0) is 11.6 Å². The number of ketones is 2. The predicted molar refractivity (Wildman–Crippen MR) is 104 cm³/mol. The largest absolute Gasteiger partial charge is 0.422 e. The number of hydrogen-bond donors (Lipinski definition) is 0. The molecule has 2 aliphatic heterocycles. The van der Waals surface area contributed by atoms with E-state index in [-0.39, 0.29) is 0 Å². The zero-order valence-electron chi connectivity index (χ0n) is 17.7. The van der Waals surface area contributed by atoms with E-state index in [0.717, 1.165) is 6.08 Å². The minimum atomic E-state index is -2.10. The molecule has 0 unspecified atom stereocenters. The summed E-state index contributed by atoms with van der Waals surface area (Å²) in [6, 6.07) is 7.95. The fourth-order valence-corrected chi connectivity index (χ4v) is 3.16. The molecular formula is C22H20O10. The van der Waals surface area contributed by atoms with Crippen LogP contribution >= 0.6 is 0 Å². The maximum absolute atomic E-state index is 13.2. The number of carbonyl (C=O) groups excluding carboxylic acids is 6. The van der Waals surface area contributed by atoms with Crippen LogP contribution in [0.5, 0.6) is 0 Å². The number of esters is 4. The van der Waals surface area contributed by atoms with Gasteiger partial charge < -0.3 is 18.9 Å². The van der Waals surface area contributed by atoms with Gasteiger partial charge in [-0.15, -0.1) is 0 Å². The number of hydrogen-bond acceptors (Lipinski definition) is 10. The van der Waals surface area contributed by atoms with E-state index in [0.29, 0.717) is 5.56 Å². The summed E-state index contributed by atoms with van der Waals surface area (Å²) in [7, 11) is 0. The molecule has 0 aromatic heterocycles. The molecule has 0 bridgehead atoms. The molecule has 3 rings (SSSR count). The molecule has 32 heavy (non-hydrogen) atoms. The molecule has 10 heteroatoms. The van der Waals surface area contributed by atoms with Gasteiger partial charge >= 0.3 is 23.9 Å². The highest BCUT2D eigenvalue weighted by molar-refractivity contribution is 6.37. The molecule has 1 aromatic rings. The van der Waals surface area contributed by atoms with Crippen LogP contribution in [-0.4, -0.2) is 47.0 Å². The van der Waals surface area contributed by atoms with Gasteiger partial charge in [-0.1, -0.05) is 30.3 Å². The van der Waals surface area contributed by atoms with Crippen LogP contribution in [0.1, 0.15) is 33.3 Å². The van der Waals surface area contributed by atoms with Gasteiger partial charge in [0.1, 0.15) is 0 Å². The number of cyclic esters (lactones) is 4. The van der Waals surface area contributed by atoms with Gasteiger partial charge in [0.05, 0.1) is 5.57 Å². The monoisotopic (exact) mass is 444 g/mol. The first-order valence-corrected chi connectivity index (χ1v) is 9.58. The molecule has 0 N–H and O–H groups in total. The van der Waals surface area contributed by atoms with E-state index < -0.39 is 64.4 Å². The number of carbonyl (C=O) groups is 6. The summed E-state index contributed by atoms with van der Waals surface area (Å²) in [5.74, 6) is -14.9. The fourth-order valence-electron chi connectivity index (χ4n) is 3.16. The topological polar surface area (TPSA) is 139 Å². The van der Waals surface area contributed by atoms with Gasteiger partial charge in [0.25, 0.3) is 11.6 Å². The lowest BCUT2D eigenvalue weighted by molar-refractivity contribution is -0.239. The van der Waals surface area contributed by atoms with Crippen LogP contribution in [-0.2, 0) is 47.7 Å². The normalized spacial score (nSPS) is 20.4. The third kappa shape index (κ3) is 4.58. The lowest BCUT2D eigenvalue weighted by Gasteiger charge is -2.33. The number of Topliss-reactive ketones (excluding diaryl/α,β-unsaturated/α-hetero) is 2. The Bertz CT molecular complexity index is 946. The van der Waals surface area contributed by atoms with Crippen molar-refractivity contribution >= 4 is 41.5 Å². The lowest BCUT2D eigenvalue weighted by Crippen LogP contribution is -2.52. The van der Waals surface area contributed by atoms with Gasteiger partial charge in [0.15, 0.2) is 11.6 Å². The van der Waals surface area contributed by atoms with E-state index in [4.69, 9.17) is 18.9 Å². The molecule has 2 aliphatic rings. The molecule has 0 aliphatic carbocycles. The van der Waals surface area contributed by atoms with Crippen LogP contribution in [0.2, 0.25) is 0 Å². The van der Waals surface area contributed by atoms with Crippen LogP contribution in [0.25, 0.3) is 6.08 Å². The van der Waals surface area contributed by atoms with E-state index in [9.17, 15) is 28.8 Å². The number of allylic oxidation sites excluding steroid dienone is 1. The Kier molecular flexibility index (Phi) is 5.73. The highest BCUT2D eigenvalue weighted by atomic mass is 16.8. The molecule has 0 saturated carbocycles. The first kappa shape index (κ1) is 22.9. The highest BCUT2D eigenvalue weighted by Crippen LogP contribution is 2.30. The van der Waals surface area contributed by atoms with Crippen molar-refractivity contribution in [1.82, 2.24) is 0 Å². The van der Waals surface area contributed by atoms with Crippen molar-refractivity contribution in [3.63, 3.8) is 0 Å². The molecule has 1 aromatic carbocycles. The second kappa shape index (κ2) is 8.03. The Balaban J connectivity index is 2.03. The van der Waals surface area contributed by atoms with E-state index in [1.807, 2.05) is 0 Å². The standard InChI is InChI=1S/C22H20O10/c1-21(2)29-17(25)13(18(26)30-21)15(23)12(10-11-8-6-5-7-9-11)16(24)14-19(27)31-22(3,4)32-20(14)28/h5-10,13-14H,1-4H3. The maximum atomic E-state index is 13.2. The summed E-state index contributed by atoms with van der Waals surface area (Å²) in [6.07, 6.45) is 1.06. The molecule has 2 saturated heterocycles. The molecule has 0 radical (unpaired) electrons. The summed E-state index contributed by atoms with van der Waals surface area (Å²) < 4.78 is 19.8. The smallest absolute Gasteiger partial charge is 0.331 e. The predicted octanol–water partition coefficient (Wildman–Crippen LogP) is 1.11. The second-order valence-corrected chi connectivity index (χ2v) is 8.05. The van der Waals surface area contributed by atoms with Crippen LogP contribution in [0.15, 0.2) is 35.9 Å². The van der Waals surface area contributed by atoms with Gasteiger partial charge in [0.2, 0.25) is 11.8 Å². The molecule has 2 heterocycles. The Hall–Kier alpha value is -3.82. The highest BCUT2D eigenvalue weighted by Gasteiger charge is 2.53. The zero-order chi connectivity index (χ0) is 23.8. The van der Waals surface area contributed by atoms with Crippen LogP contribution < -0.4 is 0 Å². The van der Waals surface area contributed by atoms with Crippen LogP contribution in [0.3, 0.4) is 0 Å². The first-order valence-electron chi connectivity index (χ1n) is 9.58. The van der Waals surface area contributed by atoms with Gasteiger partial charge in [-0.2, -0.15) is 0 Å². The summed E-state index contributed by atoms with van der Waals surface area (Å²) in [5.41, 5.74) is -0.423.